The van der Waals surface area contributed by atoms with Crippen molar-refractivity contribution in [1.82, 2.24) is 9.47 Å². The molecule has 0 spiro atoms. The predicted molar refractivity (Wildman–Crippen MR) is 63.8 cm³/mol. The van der Waals surface area contributed by atoms with E-state index in [4.69, 9.17) is 5.26 Å². The number of hydrogen-bond donors (Lipinski definition) is 0. The first-order chi connectivity index (χ1) is 7.90. The molecule has 0 bridgehead atoms. The second-order valence-corrected chi connectivity index (χ2v) is 4.70. The van der Waals surface area contributed by atoms with Crippen molar-refractivity contribution in [2.24, 2.45) is 4.99 Å². The number of hydrogen-bond acceptors (Lipinski definition) is 4. The van der Waals surface area contributed by atoms with Gasteiger partial charge in [0.25, 0.3) is 0 Å². The lowest BCUT2D eigenvalue weighted by atomic mass is 10.3. The van der Waals surface area contributed by atoms with E-state index in [2.05, 4.69) is 20.5 Å². The number of thioether (sulfide) groups is 1. The van der Waals surface area contributed by atoms with E-state index in [1.165, 1.54) is 0 Å². The largest absolute Gasteiger partial charge is 0.329 e. The molecule has 1 unspecified atom stereocenters. The number of nitrogens with zero attached hydrogens (tertiary/aromatic N) is 4. The van der Waals surface area contributed by atoms with Crippen LogP contribution in [0.3, 0.4) is 0 Å². The molecule has 80 valence electrons. The van der Waals surface area contributed by atoms with Crippen molar-refractivity contribution >= 4 is 18.0 Å². The molecule has 3 rings (SSSR count). The van der Waals surface area contributed by atoms with E-state index in [9.17, 15) is 0 Å². The Morgan fingerprint density at radius 2 is 2.50 bits per heavy atom. The first kappa shape index (κ1) is 9.55. The minimum absolute atomic E-state index is 0.241. The van der Waals surface area contributed by atoms with E-state index in [0.29, 0.717) is 6.67 Å². The molecular weight excluding hydrogens is 220 g/mol. The van der Waals surface area contributed by atoms with Gasteiger partial charge in [-0.15, -0.1) is 11.8 Å². The average molecular weight is 230 g/mol. The summed E-state index contributed by atoms with van der Waals surface area (Å²) in [5.74, 6) is 0.897. The lowest BCUT2D eigenvalue weighted by Crippen LogP contribution is -2.25. The van der Waals surface area contributed by atoms with Crippen LogP contribution in [-0.4, -0.2) is 22.4 Å². The topological polar surface area (TPSA) is 44.3 Å². The number of allylic oxidation sites excluding steroid dienone is 1. The van der Waals surface area contributed by atoms with Crippen LogP contribution in [0.15, 0.2) is 29.5 Å². The summed E-state index contributed by atoms with van der Waals surface area (Å²) in [4.78, 5) is 6.39. The first-order valence-corrected chi connectivity index (χ1v) is 6.09. The second-order valence-electron chi connectivity index (χ2n) is 3.66. The molecule has 0 radical (unpaired) electrons. The zero-order chi connectivity index (χ0) is 11.0. The highest BCUT2D eigenvalue weighted by atomic mass is 32.2. The Labute approximate surface area is 97.9 Å². The van der Waals surface area contributed by atoms with E-state index in [0.717, 1.165) is 17.0 Å². The molecule has 3 heterocycles. The lowest BCUT2D eigenvalue weighted by molar-refractivity contribution is 0.304. The van der Waals surface area contributed by atoms with Gasteiger partial charge in [-0.3, -0.25) is 4.99 Å². The summed E-state index contributed by atoms with van der Waals surface area (Å²) in [6, 6.07) is 4.12. The quantitative estimate of drug-likeness (QED) is 0.740. The third-order valence-electron chi connectivity index (χ3n) is 2.75. The first-order valence-electron chi connectivity index (χ1n) is 5.04. The second kappa shape index (κ2) is 3.72. The molecule has 0 aromatic carbocycles. The van der Waals surface area contributed by atoms with Gasteiger partial charge in [0, 0.05) is 30.1 Å². The number of aliphatic imine (C=N–C) groups is 1. The van der Waals surface area contributed by atoms with E-state index in [1.807, 2.05) is 42.5 Å². The number of nitriles is 1. The third-order valence-corrected chi connectivity index (χ3v) is 3.99. The van der Waals surface area contributed by atoms with Gasteiger partial charge in [-0.25, -0.2) is 0 Å². The van der Waals surface area contributed by atoms with Gasteiger partial charge in [0.15, 0.2) is 5.50 Å². The Morgan fingerprint density at radius 1 is 1.56 bits per heavy atom. The molecule has 0 fully saturated rings. The summed E-state index contributed by atoms with van der Waals surface area (Å²) in [6.07, 6.45) is 7.79. The fraction of sp³-hybridized carbons (Fsp3) is 0.273. The van der Waals surface area contributed by atoms with Crippen LogP contribution in [0.2, 0.25) is 0 Å². The normalized spacial score (nSPS) is 22.2. The number of rotatable bonds is 1. The maximum atomic E-state index is 8.96. The van der Waals surface area contributed by atoms with Crippen LogP contribution in [0, 0.1) is 11.3 Å². The molecule has 1 aromatic heterocycles. The molecule has 1 aromatic rings. The van der Waals surface area contributed by atoms with Crippen LogP contribution >= 0.6 is 11.8 Å². The number of fused-ring (bicyclic) bond motifs is 1. The summed E-state index contributed by atoms with van der Waals surface area (Å²) in [5.41, 5.74) is 2.16. The van der Waals surface area contributed by atoms with Gasteiger partial charge in [0.1, 0.15) is 12.7 Å². The van der Waals surface area contributed by atoms with Gasteiger partial charge in [-0.2, -0.15) is 5.26 Å². The van der Waals surface area contributed by atoms with Gasteiger partial charge in [-0.05, 0) is 12.1 Å². The monoisotopic (exact) mass is 230 g/mol. The van der Waals surface area contributed by atoms with Crippen LogP contribution in [-0.2, 0) is 5.75 Å². The fourth-order valence-corrected chi connectivity index (χ4v) is 3.27. The fourth-order valence-electron chi connectivity index (χ4n) is 1.97. The van der Waals surface area contributed by atoms with Gasteiger partial charge in [-0.1, -0.05) is 0 Å². The maximum absolute atomic E-state index is 8.96. The maximum Gasteiger partial charge on any atom is 0.155 e. The summed E-state index contributed by atoms with van der Waals surface area (Å²) in [6.45, 7) is 0.688. The van der Waals surface area contributed by atoms with Crippen molar-refractivity contribution in [3.8, 4) is 6.07 Å². The zero-order valence-corrected chi connectivity index (χ0v) is 9.39. The van der Waals surface area contributed by atoms with E-state index in [-0.39, 0.29) is 5.50 Å². The molecule has 1 atom stereocenters. The van der Waals surface area contributed by atoms with Crippen molar-refractivity contribution in [2.75, 3.05) is 6.67 Å². The molecule has 2 aliphatic heterocycles. The minimum atomic E-state index is 0.241. The Kier molecular flexibility index (Phi) is 2.22. The summed E-state index contributed by atoms with van der Waals surface area (Å²) in [5, 5.41) is 8.96. The van der Waals surface area contributed by atoms with E-state index < -0.39 is 0 Å². The Bertz CT molecular complexity index is 509. The Balaban J connectivity index is 1.92. The van der Waals surface area contributed by atoms with E-state index >= 15 is 0 Å². The summed E-state index contributed by atoms with van der Waals surface area (Å²) < 4.78 is 2.16. The molecule has 0 N–H and O–H groups in total. The van der Waals surface area contributed by atoms with Crippen LogP contribution in [0.5, 0.6) is 0 Å². The standard InChI is InChI=1S/C11H10N4S/c12-6-9-2-5-15-10(9)7-16-11(15)14-4-1-3-13-8-14/h1-5,11H,7-8H2. The Hall–Kier alpha value is -1.67. The summed E-state index contributed by atoms with van der Waals surface area (Å²) in [7, 11) is 0. The van der Waals surface area contributed by atoms with Crippen LogP contribution in [0.4, 0.5) is 0 Å². The number of aromatic nitrogens is 1. The smallest absolute Gasteiger partial charge is 0.155 e. The molecule has 16 heavy (non-hydrogen) atoms. The highest BCUT2D eigenvalue weighted by Crippen LogP contribution is 2.40. The predicted octanol–water partition coefficient (Wildman–Crippen LogP) is 1.92. The highest BCUT2D eigenvalue weighted by molar-refractivity contribution is 7.98. The third kappa shape index (κ3) is 1.34. The van der Waals surface area contributed by atoms with Gasteiger partial charge >= 0.3 is 0 Å². The molecule has 0 saturated carbocycles. The molecule has 2 aliphatic rings. The van der Waals surface area contributed by atoms with Crippen molar-refractivity contribution in [2.45, 2.75) is 11.3 Å². The summed E-state index contributed by atoms with van der Waals surface area (Å²) >= 11 is 1.83. The highest BCUT2D eigenvalue weighted by Gasteiger charge is 2.28. The van der Waals surface area contributed by atoms with Crippen molar-refractivity contribution < 1.29 is 0 Å². The van der Waals surface area contributed by atoms with Crippen molar-refractivity contribution in [1.29, 1.82) is 5.26 Å². The molecule has 4 nitrogen and oxygen atoms in total. The van der Waals surface area contributed by atoms with Gasteiger partial charge in [0.2, 0.25) is 0 Å². The van der Waals surface area contributed by atoms with Gasteiger partial charge < -0.3 is 9.47 Å². The van der Waals surface area contributed by atoms with Crippen molar-refractivity contribution in [3.63, 3.8) is 0 Å². The minimum Gasteiger partial charge on any atom is -0.329 e. The van der Waals surface area contributed by atoms with Crippen LogP contribution in [0.25, 0.3) is 0 Å². The van der Waals surface area contributed by atoms with Gasteiger partial charge in [0.05, 0.1) is 5.56 Å². The van der Waals surface area contributed by atoms with Crippen LogP contribution in [0.1, 0.15) is 16.8 Å². The van der Waals surface area contributed by atoms with Crippen LogP contribution < -0.4 is 0 Å². The lowest BCUT2D eigenvalue weighted by Gasteiger charge is -2.27. The van der Waals surface area contributed by atoms with E-state index in [1.54, 1.807) is 0 Å². The Morgan fingerprint density at radius 3 is 3.25 bits per heavy atom. The zero-order valence-electron chi connectivity index (χ0n) is 8.58. The molecule has 0 amide bonds. The molecule has 0 saturated heterocycles. The molecule has 0 aliphatic carbocycles. The molecular formula is C11H10N4S. The average Bonchev–Trinajstić information content (AvgIpc) is 2.90. The van der Waals surface area contributed by atoms with Crippen molar-refractivity contribution in [3.05, 3.63) is 35.8 Å². The molecule has 5 heteroatoms. The SMILES string of the molecule is N#Cc1ccn2c1CSC2N1C=CC=NC1.